The number of rotatable bonds is 5. The van der Waals surface area contributed by atoms with Crippen LogP contribution in [0.3, 0.4) is 0 Å². The van der Waals surface area contributed by atoms with Crippen molar-refractivity contribution in [3.8, 4) is 11.4 Å². The van der Waals surface area contributed by atoms with Gasteiger partial charge in [0.05, 0.1) is 6.20 Å². The standard InChI is InChI=1S/C25H34N6O3/c1-6-19-23(32)30(5)20-15-27-21(29-22(20)31(19)17-9-7-8-10-17)18-11-12-26-13-16(18)14-28-24(33)34-25(2,3)4/h11-13,15,17,19H,6-10,14H2,1-5H3,(H,28,33). The second-order valence-electron chi connectivity index (χ2n) is 9.96. The first-order valence-electron chi connectivity index (χ1n) is 12.0. The van der Waals surface area contributed by atoms with Crippen LogP contribution in [0, 0.1) is 0 Å². The van der Waals surface area contributed by atoms with Crippen molar-refractivity contribution >= 4 is 23.5 Å². The SMILES string of the molecule is CCC1C(=O)N(C)c2cnc(-c3ccncc3CNC(=O)OC(C)(C)C)nc2N1C1CCCC1. The van der Waals surface area contributed by atoms with Crippen LogP contribution in [-0.2, 0) is 16.1 Å². The van der Waals surface area contributed by atoms with Crippen LogP contribution in [0.1, 0.15) is 65.4 Å². The fourth-order valence-corrected chi connectivity index (χ4v) is 4.78. The fourth-order valence-electron chi connectivity index (χ4n) is 4.78. The monoisotopic (exact) mass is 466 g/mol. The Hall–Kier alpha value is -3.23. The van der Waals surface area contributed by atoms with Crippen molar-refractivity contribution in [1.29, 1.82) is 0 Å². The van der Waals surface area contributed by atoms with E-state index < -0.39 is 11.7 Å². The first-order valence-corrected chi connectivity index (χ1v) is 12.0. The highest BCUT2D eigenvalue weighted by Gasteiger charge is 2.41. The predicted molar refractivity (Wildman–Crippen MR) is 131 cm³/mol. The van der Waals surface area contributed by atoms with Crippen molar-refractivity contribution in [2.75, 3.05) is 16.8 Å². The molecule has 1 N–H and O–H groups in total. The van der Waals surface area contributed by atoms with Gasteiger partial charge in [0.15, 0.2) is 11.6 Å². The molecule has 2 aliphatic rings. The molecule has 182 valence electrons. The summed E-state index contributed by atoms with van der Waals surface area (Å²) in [5, 5.41) is 2.79. The first kappa shape index (κ1) is 23.9. The topological polar surface area (TPSA) is 101 Å². The number of nitrogens with zero attached hydrogens (tertiary/aromatic N) is 5. The third-order valence-corrected chi connectivity index (χ3v) is 6.38. The van der Waals surface area contributed by atoms with Gasteiger partial charge in [0.2, 0.25) is 5.91 Å². The van der Waals surface area contributed by atoms with E-state index >= 15 is 0 Å². The van der Waals surface area contributed by atoms with Crippen molar-refractivity contribution in [3.63, 3.8) is 0 Å². The Balaban J connectivity index is 1.68. The number of alkyl carbamates (subject to hydrolysis) is 1. The molecule has 34 heavy (non-hydrogen) atoms. The van der Waals surface area contributed by atoms with E-state index in [1.165, 1.54) is 12.8 Å². The molecular weight excluding hydrogens is 432 g/mol. The van der Waals surface area contributed by atoms with E-state index in [1.54, 1.807) is 30.5 Å². The Morgan fingerprint density at radius 2 is 1.97 bits per heavy atom. The van der Waals surface area contributed by atoms with Gasteiger partial charge in [0.1, 0.15) is 17.3 Å². The lowest BCUT2D eigenvalue weighted by molar-refractivity contribution is -0.120. The number of carbonyl (C=O) groups excluding carboxylic acids is 2. The van der Waals surface area contributed by atoms with E-state index in [1.807, 2.05) is 26.8 Å². The van der Waals surface area contributed by atoms with Crippen LogP contribution in [0.2, 0.25) is 0 Å². The van der Waals surface area contributed by atoms with E-state index in [0.29, 0.717) is 11.9 Å². The Labute approximate surface area is 200 Å². The second-order valence-corrected chi connectivity index (χ2v) is 9.96. The molecule has 0 saturated heterocycles. The Morgan fingerprint density at radius 1 is 1.24 bits per heavy atom. The number of aromatic nitrogens is 3. The molecule has 2 aromatic rings. The number of anilines is 2. The average molecular weight is 467 g/mol. The van der Waals surface area contributed by atoms with Crippen LogP contribution in [0.4, 0.5) is 16.3 Å². The van der Waals surface area contributed by atoms with Gasteiger partial charge in [-0.3, -0.25) is 9.78 Å². The van der Waals surface area contributed by atoms with E-state index in [9.17, 15) is 9.59 Å². The number of fused-ring (bicyclic) bond motifs is 1. The van der Waals surface area contributed by atoms with Gasteiger partial charge in [-0.2, -0.15) is 0 Å². The van der Waals surface area contributed by atoms with Crippen LogP contribution in [0.15, 0.2) is 24.7 Å². The summed E-state index contributed by atoms with van der Waals surface area (Å²) < 4.78 is 5.35. The van der Waals surface area contributed by atoms with Gasteiger partial charge in [-0.15, -0.1) is 0 Å². The molecule has 9 nitrogen and oxygen atoms in total. The van der Waals surface area contributed by atoms with E-state index in [-0.39, 0.29) is 18.5 Å². The van der Waals surface area contributed by atoms with Crippen molar-refractivity contribution < 1.29 is 14.3 Å². The lowest BCUT2D eigenvalue weighted by atomic mass is 10.0. The molecule has 3 heterocycles. The second kappa shape index (κ2) is 9.56. The van der Waals surface area contributed by atoms with Crippen LogP contribution >= 0.6 is 0 Å². The van der Waals surface area contributed by atoms with Crippen molar-refractivity contribution in [2.45, 2.75) is 84.0 Å². The largest absolute Gasteiger partial charge is 0.444 e. The summed E-state index contributed by atoms with van der Waals surface area (Å²) in [4.78, 5) is 43.0. The summed E-state index contributed by atoms with van der Waals surface area (Å²) >= 11 is 0. The molecule has 1 aliphatic heterocycles. The Bertz CT molecular complexity index is 1060. The summed E-state index contributed by atoms with van der Waals surface area (Å²) in [6, 6.07) is 1.92. The number of nitrogens with one attached hydrogen (secondary N) is 1. The molecule has 1 unspecified atom stereocenters. The molecule has 2 aromatic heterocycles. The zero-order chi connectivity index (χ0) is 24.5. The van der Waals surface area contributed by atoms with Gasteiger partial charge in [-0.1, -0.05) is 19.8 Å². The minimum Gasteiger partial charge on any atom is -0.444 e. The Morgan fingerprint density at radius 3 is 2.65 bits per heavy atom. The van der Waals surface area contributed by atoms with Gasteiger partial charge in [-0.25, -0.2) is 14.8 Å². The van der Waals surface area contributed by atoms with E-state index in [4.69, 9.17) is 9.72 Å². The molecule has 4 rings (SSSR count). The van der Waals surface area contributed by atoms with Crippen LogP contribution < -0.4 is 15.1 Å². The number of hydrogen-bond donors (Lipinski definition) is 1. The lowest BCUT2D eigenvalue weighted by Crippen LogP contribution is -2.55. The van der Waals surface area contributed by atoms with Crippen molar-refractivity contribution in [1.82, 2.24) is 20.3 Å². The zero-order valence-electron chi connectivity index (χ0n) is 20.7. The van der Waals surface area contributed by atoms with Crippen molar-refractivity contribution in [3.05, 3.63) is 30.2 Å². The van der Waals surface area contributed by atoms with Gasteiger partial charge >= 0.3 is 6.09 Å². The molecule has 9 heteroatoms. The summed E-state index contributed by atoms with van der Waals surface area (Å²) in [6.45, 7) is 7.76. The molecule has 0 spiro atoms. The molecule has 1 saturated carbocycles. The molecular formula is C25H34N6O3. The normalized spacial score (nSPS) is 18.7. The smallest absolute Gasteiger partial charge is 0.407 e. The summed E-state index contributed by atoms with van der Waals surface area (Å²) in [5.74, 6) is 1.43. The molecule has 0 radical (unpaired) electrons. The molecule has 0 bridgehead atoms. The highest BCUT2D eigenvalue weighted by atomic mass is 16.6. The summed E-state index contributed by atoms with van der Waals surface area (Å²) in [5.41, 5.74) is 1.72. The van der Waals surface area contributed by atoms with Crippen molar-refractivity contribution in [2.24, 2.45) is 0 Å². The van der Waals surface area contributed by atoms with Gasteiger partial charge in [0, 0.05) is 43.2 Å². The number of amides is 2. The maximum absolute atomic E-state index is 13.1. The van der Waals surface area contributed by atoms with Gasteiger partial charge < -0.3 is 19.9 Å². The predicted octanol–water partition coefficient (Wildman–Crippen LogP) is 4.07. The number of likely N-dealkylation sites (N-methyl/N-ethyl adjacent to an activating group) is 1. The third kappa shape index (κ3) is 4.83. The summed E-state index contributed by atoms with van der Waals surface area (Å²) in [6.07, 6.45) is 9.81. The molecule has 1 fully saturated rings. The highest BCUT2D eigenvalue weighted by Crippen LogP contribution is 2.40. The quantitative estimate of drug-likeness (QED) is 0.709. The van der Waals surface area contributed by atoms with Crippen LogP contribution in [0.5, 0.6) is 0 Å². The number of hydrogen-bond acceptors (Lipinski definition) is 7. The Kier molecular flexibility index (Phi) is 6.72. The molecule has 0 aromatic carbocycles. The third-order valence-electron chi connectivity index (χ3n) is 6.38. The number of ether oxygens (including phenoxy) is 1. The maximum atomic E-state index is 13.1. The molecule has 1 atom stereocenters. The van der Waals surface area contributed by atoms with Gasteiger partial charge in [-0.05, 0) is 46.1 Å². The first-order chi connectivity index (χ1) is 16.2. The van der Waals surface area contributed by atoms with Crippen LogP contribution in [0.25, 0.3) is 11.4 Å². The number of carbonyl (C=O) groups is 2. The maximum Gasteiger partial charge on any atom is 0.407 e. The van der Waals surface area contributed by atoms with E-state index in [2.05, 4.69) is 27.1 Å². The van der Waals surface area contributed by atoms with Crippen LogP contribution in [-0.4, -0.2) is 51.7 Å². The minimum atomic E-state index is -0.577. The molecule has 2 amide bonds. The lowest BCUT2D eigenvalue weighted by Gasteiger charge is -2.43. The minimum absolute atomic E-state index is 0.0874. The van der Waals surface area contributed by atoms with Gasteiger partial charge in [0.25, 0.3) is 0 Å². The highest BCUT2D eigenvalue weighted by molar-refractivity contribution is 6.04. The summed E-state index contributed by atoms with van der Waals surface area (Å²) in [7, 11) is 1.79. The average Bonchev–Trinajstić information content (AvgIpc) is 3.33. The number of pyridine rings is 1. The van der Waals surface area contributed by atoms with E-state index in [0.717, 1.165) is 41.9 Å². The molecule has 1 aliphatic carbocycles. The fraction of sp³-hybridized carbons (Fsp3) is 0.560. The zero-order valence-corrected chi connectivity index (χ0v) is 20.7.